The van der Waals surface area contributed by atoms with Gasteiger partial charge in [0.05, 0.1) is 4.91 Å². The number of amides is 2. The zero-order valence-electron chi connectivity index (χ0n) is 19.2. The van der Waals surface area contributed by atoms with Crippen LogP contribution >= 0.6 is 35.6 Å². The molecule has 0 aromatic heterocycles. The van der Waals surface area contributed by atoms with E-state index in [0.29, 0.717) is 27.2 Å². The lowest BCUT2D eigenvalue weighted by molar-refractivity contribution is -0.122. The van der Waals surface area contributed by atoms with Crippen LogP contribution in [0.2, 0.25) is 5.02 Å². The van der Waals surface area contributed by atoms with Gasteiger partial charge in [-0.1, -0.05) is 87.0 Å². The molecule has 1 aliphatic heterocycles. The number of hydrogen-bond acceptors (Lipinski definition) is 4. The van der Waals surface area contributed by atoms with Crippen LogP contribution in [-0.2, 0) is 15.0 Å². The number of anilines is 1. The molecule has 2 aromatic carbocycles. The Balaban J connectivity index is 1.44. The third kappa shape index (κ3) is 7.42. The Hall–Kier alpha value is -2.15. The lowest BCUT2D eigenvalue weighted by atomic mass is 9.87. The molecule has 2 aromatic rings. The topological polar surface area (TPSA) is 49.4 Å². The van der Waals surface area contributed by atoms with Gasteiger partial charge < -0.3 is 5.32 Å². The molecule has 0 atom stereocenters. The Morgan fingerprint density at radius 3 is 2.36 bits per heavy atom. The summed E-state index contributed by atoms with van der Waals surface area (Å²) in [6.07, 6.45) is 4.75. The van der Waals surface area contributed by atoms with E-state index in [0.717, 1.165) is 30.5 Å². The minimum atomic E-state index is -0.0367. The third-order valence-electron chi connectivity index (χ3n) is 5.36. The third-order valence-corrected chi connectivity index (χ3v) is 6.99. The van der Waals surface area contributed by atoms with E-state index in [4.69, 9.17) is 23.8 Å². The molecule has 0 bridgehead atoms. The summed E-state index contributed by atoms with van der Waals surface area (Å²) < 4.78 is 0.595. The second kappa shape index (κ2) is 11.3. The number of hydrogen-bond donors (Lipinski definition) is 1. The highest BCUT2D eigenvalue weighted by Crippen LogP contribution is 2.33. The molecule has 4 nitrogen and oxygen atoms in total. The molecule has 33 heavy (non-hydrogen) atoms. The van der Waals surface area contributed by atoms with E-state index in [9.17, 15) is 9.59 Å². The van der Waals surface area contributed by atoms with Crippen LogP contribution in [0.1, 0.15) is 57.6 Å². The van der Waals surface area contributed by atoms with Gasteiger partial charge in [0.2, 0.25) is 5.91 Å². The molecule has 1 aliphatic rings. The van der Waals surface area contributed by atoms with E-state index in [-0.39, 0.29) is 17.2 Å². The van der Waals surface area contributed by atoms with Crippen LogP contribution in [0, 0.1) is 0 Å². The van der Waals surface area contributed by atoms with Gasteiger partial charge in [-0.05, 0) is 59.7 Å². The lowest BCUT2D eigenvalue weighted by Gasteiger charge is -2.18. The molecule has 2 amide bonds. The van der Waals surface area contributed by atoms with Crippen LogP contribution in [0.25, 0.3) is 6.08 Å². The standard InChI is InChI=1S/C26H29ClN2O2S2/c1-26(2,3)19-10-8-18(9-11-19)17-22-24(31)29(25(32)33-22)16-6-4-5-7-23(30)28-21-14-12-20(27)13-15-21/h8-15,17H,4-7,16H2,1-3H3,(H,28,30)/b22-17-. The summed E-state index contributed by atoms with van der Waals surface area (Å²) in [4.78, 5) is 27.2. The van der Waals surface area contributed by atoms with Crippen molar-refractivity contribution < 1.29 is 9.59 Å². The van der Waals surface area contributed by atoms with Gasteiger partial charge in [-0.3, -0.25) is 14.5 Å². The smallest absolute Gasteiger partial charge is 0.266 e. The van der Waals surface area contributed by atoms with Crippen LogP contribution < -0.4 is 5.32 Å². The van der Waals surface area contributed by atoms with Gasteiger partial charge in [0.15, 0.2) is 0 Å². The first-order valence-corrected chi connectivity index (χ1v) is 12.6. The molecule has 0 aliphatic carbocycles. The van der Waals surface area contributed by atoms with Crippen LogP contribution in [0.15, 0.2) is 53.4 Å². The van der Waals surface area contributed by atoms with Crippen LogP contribution in [-0.4, -0.2) is 27.6 Å². The average Bonchev–Trinajstić information content (AvgIpc) is 3.02. The molecular weight excluding hydrogens is 472 g/mol. The van der Waals surface area contributed by atoms with Crippen molar-refractivity contribution in [1.82, 2.24) is 4.90 Å². The Morgan fingerprint density at radius 1 is 1.06 bits per heavy atom. The zero-order chi connectivity index (χ0) is 24.0. The minimum absolute atomic E-state index is 0.0247. The number of benzene rings is 2. The first-order chi connectivity index (χ1) is 15.6. The van der Waals surface area contributed by atoms with Crippen LogP contribution in [0.4, 0.5) is 5.69 Å². The van der Waals surface area contributed by atoms with E-state index in [2.05, 4.69) is 38.2 Å². The number of carbonyl (C=O) groups excluding carboxylic acids is 2. The Bertz CT molecular complexity index is 1040. The van der Waals surface area contributed by atoms with Crippen molar-refractivity contribution in [3.8, 4) is 0 Å². The normalized spacial score (nSPS) is 15.4. The van der Waals surface area contributed by atoms with Crippen molar-refractivity contribution in [2.75, 3.05) is 11.9 Å². The van der Waals surface area contributed by atoms with Gasteiger partial charge in [0, 0.05) is 23.7 Å². The van der Waals surface area contributed by atoms with Gasteiger partial charge in [-0.2, -0.15) is 0 Å². The highest BCUT2D eigenvalue weighted by atomic mass is 35.5. The number of unbranched alkanes of at least 4 members (excludes halogenated alkanes) is 2. The minimum Gasteiger partial charge on any atom is -0.326 e. The van der Waals surface area contributed by atoms with Crippen molar-refractivity contribution in [3.05, 3.63) is 69.6 Å². The molecule has 0 saturated carbocycles. The van der Waals surface area contributed by atoms with Crippen molar-refractivity contribution >= 4 is 63.5 Å². The zero-order valence-corrected chi connectivity index (χ0v) is 21.6. The summed E-state index contributed by atoms with van der Waals surface area (Å²) >= 11 is 12.6. The molecule has 0 unspecified atom stereocenters. The number of carbonyl (C=O) groups is 2. The van der Waals surface area contributed by atoms with Gasteiger partial charge in [0.1, 0.15) is 4.32 Å². The van der Waals surface area contributed by atoms with Gasteiger partial charge >= 0.3 is 0 Å². The fourth-order valence-corrected chi connectivity index (χ4v) is 4.85. The Labute approximate surface area is 210 Å². The largest absolute Gasteiger partial charge is 0.326 e. The molecular formula is C26H29ClN2O2S2. The Morgan fingerprint density at radius 2 is 1.73 bits per heavy atom. The highest BCUT2D eigenvalue weighted by molar-refractivity contribution is 8.26. The SMILES string of the molecule is CC(C)(C)c1ccc(/C=C2\SC(=S)N(CCCCCC(=O)Nc3ccc(Cl)cc3)C2=O)cc1. The quantitative estimate of drug-likeness (QED) is 0.240. The molecule has 1 N–H and O–H groups in total. The summed E-state index contributed by atoms with van der Waals surface area (Å²) in [6.45, 7) is 7.11. The van der Waals surface area contributed by atoms with Crippen molar-refractivity contribution in [1.29, 1.82) is 0 Å². The van der Waals surface area contributed by atoms with Gasteiger partial charge in [-0.15, -0.1) is 0 Å². The molecule has 1 fully saturated rings. The van der Waals surface area contributed by atoms with Crippen LogP contribution in [0.3, 0.4) is 0 Å². The second-order valence-corrected chi connectivity index (χ2v) is 11.2. The number of thioether (sulfide) groups is 1. The maximum Gasteiger partial charge on any atom is 0.266 e. The lowest BCUT2D eigenvalue weighted by Crippen LogP contribution is -2.29. The summed E-state index contributed by atoms with van der Waals surface area (Å²) in [7, 11) is 0. The molecule has 0 radical (unpaired) electrons. The van der Waals surface area contributed by atoms with Gasteiger partial charge in [-0.25, -0.2) is 0 Å². The molecule has 3 rings (SSSR count). The van der Waals surface area contributed by atoms with Crippen molar-refractivity contribution in [3.63, 3.8) is 0 Å². The number of thiocarbonyl (C=S) groups is 1. The number of nitrogens with zero attached hydrogens (tertiary/aromatic N) is 1. The highest BCUT2D eigenvalue weighted by Gasteiger charge is 2.31. The fourth-order valence-electron chi connectivity index (χ4n) is 3.41. The second-order valence-electron chi connectivity index (χ2n) is 9.07. The van der Waals surface area contributed by atoms with E-state index in [1.165, 1.54) is 17.3 Å². The summed E-state index contributed by atoms with van der Waals surface area (Å²) in [6, 6.07) is 15.4. The predicted molar refractivity (Wildman–Crippen MR) is 144 cm³/mol. The monoisotopic (exact) mass is 500 g/mol. The van der Waals surface area contributed by atoms with E-state index in [1.54, 1.807) is 29.2 Å². The maximum absolute atomic E-state index is 12.8. The first-order valence-electron chi connectivity index (χ1n) is 11.0. The summed E-state index contributed by atoms with van der Waals surface area (Å²) in [5.74, 6) is -0.0614. The van der Waals surface area contributed by atoms with Crippen molar-refractivity contribution in [2.24, 2.45) is 0 Å². The molecule has 1 saturated heterocycles. The van der Waals surface area contributed by atoms with Crippen molar-refractivity contribution in [2.45, 2.75) is 51.9 Å². The maximum atomic E-state index is 12.8. The molecule has 7 heteroatoms. The number of rotatable bonds is 8. The summed E-state index contributed by atoms with van der Waals surface area (Å²) in [5.41, 5.74) is 3.09. The number of halogens is 1. The molecule has 0 spiro atoms. The van der Waals surface area contributed by atoms with Gasteiger partial charge in [0.25, 0.3) is 5.91 Å². The summed E-state index contributed by atoms with van der Waals surface area (Å²) in [5, 5.41) is 3.50. The Kier molecular flexibility index (Phi) is 8.74. The van der Waals surface area contributed by atoms with E-state index < -0.39 is 0 Å². The van der Waals surface area contributed by atoms with E-state index >= 15 is 0 Å². The fraction of sp³-hybridized carbons (Fsp3) is 0.346. The number of nitrogens with one attached hydrogen (secondary N) is 1. The first kappa shape index (κ1) is 25.5. The van der Waals surface area contributed by atoms with E-state index in [1.807, 2.05) is 18.2 Å². The average molecular weight is 501 g/mol. The molecule has 1 heterocycles. The van der Waals surface area contributed by atoms with Crippen LogP contribution in [0.5, 0.6) is 0 Å². The predicted octanol–water partition coefficient (Wildman–Crippen LogP) is 7.04. The molecule has 174 valence electrons.